The van der Waals surface area contributed by atoms with Crippen LogP contribution in [0.5, 0.6) is 0 Å². The average Bonchev–Trinajstić information content (AvgIpc) is 2.75. The van der Waals surface area contributed by atoms with E-state index in [0.717, 1.165) is 11.1 Å². The van der Waals surface area contributed by atoms with E-state index < -0.39 is 40.6 Å². The van der Waals surface area contributed by atoms with E-state index in [9.17, 15) is 28.8 Å². The highest BCUT2D eigenvalue weighted by atomic mass is 79.9. The molecule has 0 amide bonds. The molecule has 2 aromatic carbocycles. The zero-order chi connectivity index (χ0) is 27.5. The molecule has 0 radical (unpaired) electrons. The van der Waals surface area contributed by atoms with Crippen molar-refractivity contribution in [3.05, 3.63) is 68.8 Å². The molecular formula is C27H32BrO7P. The number of ether oxygens (including phenoxy) is 1. The number of hydrogen-bond acceptors (Lipinski definition) is 6. The van der Waals surface area contributed by atoms with Crippen molar-refractivity contribution < 1.29 is 33.6 Å². The summed E-state index contributed by atoms with van der Waals surface area (Å²) in [7, 11) is -4.98. The number of rotatable bonds is 10. The maximum atomic E-state index is 15.0. The Balaban J connectivity index is 2.96. The van der Waals surface area contributed by atoms with Gasteiger partial charge < -0.3 is 14.4 Å². The van der Waals surface area contributed by atoms with Crippen molar-refractivity contribution in [2.24, 2.45) is 0 Å². The molecule has 194 valence electrons. The predicted octanol–water partition coefficient (Wildman–Crippen LogP) is 6.05. The molecule has 2 aromatic rings. The van der Waals surface area contributed by atoms with E-state index in [4.69, 9.17) is 4.74 Å². The van der Waals surface area contributed by atoms with Gasteiger partial charge in [-0.15, -0.1) is 0 Å². The number of carbonyl (C=O) groups excluding carboxylic acids is 3. The predicted molar refractivity (Wildman–Crippen MR) is 143 cm³/mol. The Labute approximate surface area is 220 Å². The Morgan fingerprint density at radius 3 is 1.50 bits per heavy atom. The number of hydrogen-bond donors (Lipinski definition) is 1. The third-order valence-electron chi connectivity index (χ3n) is 5.98. The van der Waals surface area contributed by atoms with Crippen LogP contribution in [0, 0.1) is 41.5 Å². The van der Waals surface area contributed by atoms with E-state index in [1.807, 2.05) is 13.8 Å². The number of carbonyl (C=O) groups is 4. The van der Waals surface area contributed by atoms with Gasteiger partial charge in [0.15, 0.2) is 0 Å². The fraction of sp³-hybridized carbons (Fsp3) is 0.407. The quantitative estimate of drug-likeness (QED) is 0.207. The summed E-state index contributed by atoms with van der Waals surface area (Å²) < 4.78 is 20.1. The second-order valence-electron chi connectivity index (χ2n) is 9.17. The van der Waals surface area contributed by atoms with Crippen LogP contribution in [-0.2, 0) is 18.9 Å². The number of benzene rings is 2. The summed E-state index contributed by atoms with van der Waals surface area (Å²) in [6.07, 6.45) is 0.414. The lowest BCUT2D eigenvalue weighted by Crippen LogP contribution is -2.41. The van der Waals surface area contributed by atoms with Crippen LogP contribution in [0.1, 0.15) is 67.4 Å². The molecule has 2 unspecified atom stereocenters. The van der Waals surface area contributed by atoms with Crippen LogP contribution in [-0.4, -0.2) is 45.2 Å². The lowest BCUT2D eigenvalue weighted by atomic mass is 10.0. The summed E-state index contributed by atoms with van der Waals surface area (Å²) in [4.78, 5) is 51.8. The molecule has 2 rings (SSSR count). The van der Waals surface area contributed by atoms with Gasteiger partial charge >= 0.3 is 11.9 Å². The zero-order valence-corrected chi connectivity index (χ0v) is 24.1. The molecule has 0 aliphatic rings. The molecule has 0 aromatic heterocycles. The van der Waals surface area contributed by atoms with Crippen molar-refractivity contribution >= 4 is 46.1 Å². The second-order valence-corrected chi connectivity index (χ2v) is 12.8. The highest BCUT2D eigenvalue weighted by molar-refractivity contribution is 9.10. The number of halogens is 1. The van der Waals surface area contributed by atoms with E-state index in [-0.39, 0.29) is 17.7 Å². The minimum absolute atomic E-state index is 0.0399. The summed E-state index contributed by atoms with van der Waals surface area (Å²) in [6.45, 7) is 11.9. The Bertz CT molecular complexity index is 1160. The first-order valence-electron chi connectivity index (χ1n) is 11.6. The molecule has 9 heteroatoms. The van der Waals surface area contributed by atoms with Gasteiger partial charge in [0.05, 0.1) is 6.61 Å². The summed E-state index contributed by atoms with van der Waals surface area (Å²) in [5, 5.41) is 9.79. The van der Waals surface area contributed by atoms with Gasteiger partial charge in [-0.3, -0.25) is 19.2 Å². The van der Waals surface area contributed by atoms with Crippen LogP contribution in [0.25, 0.3) is 0 Å². The van der Waals surface area contributed by atoms with Crippen molar-refractivity contribution in [3.63, 3.8) is 0 Å². The number of alkyl halides is 1. The van der Waals surface area contributed by atoms with E-state index in [1.54, 1.807) is 58.9 Å². The smallest absolute Gasteiger partial charge is 0.319 e. The maximum Gasteiger partial charge on any atom is 0.319 e. The Morgan fingerprint density at radius 1 is 0.833 bits per heavy atom. The summed E-state index contributed by atoms with van der Waals surface area (Å²) in [5.41, 5.74) is -0.452. The fourth-order valence-corrected chi connectivity index (χ4v) is 8.73. The molecule has 0 bridgehead atoms. The van der Waals surface area contributed by atoms with E-state index >= 15 is 0 Å². The third kappa shape index (κ3) is 5.70. The van der Waals surface area contributed by atoms with Crippen LogP contribution in [0.3, 0.4) is 0 Å². The molecule has 0 saturated heterocycles. The Hall–Kier alpha value is -2.57. The first kappa shape index (κ1) is 29.7. The molecule has 0 heterocycles. The molecule has 0 aliphatic heterocycles. The van der Waals surface area contributed by atoms with Crippen LogP contribution in [0.2, 0.25) is 0 Å². The summed E-state index contributed by atoms with van der Waals surface area (Å²) in [5.74, 6) is -2.71. The van der Waals surface area contributed by atoms with Crippen LogP contribution in [0.15, 0.2) is 24.3 Å². The second kappa shape index (κ2) is 11.7. The molecule has 0 spiro atoms. The fourth-order valence-electron chi connectivity index (χ4n) is 4.59. The minimum Gasteiger partial charge on any atom is -0.480 e. The largest absolute Gasteiger partial charge is 0.480 e. The molecule has 0 fully saturated rings. The van der Waals surface area contributed by atoms with Crippen LogP contribution >= 0.6 is 23.1 Å². The SMILES string of the molecule is CCCOC(=O)C(C(Br)C(=O)O)P(=O)(C(=O)c1c(C)cc(C)cc1C)C(=O)c1c(C)cc(C)cc1C. The summed E-state index contributed by atoms with van der Waals surface area (Å²) >= 11 is 2.94. The molecular weight excluding hydrogens is 547 g/mol. The maximum absolute atomic E-state index is 15.0. The lowest BCUT2D eigenvalue weighted by molar-refractivity contribution is -0.146. The van der Waals surface area contributed by atoms with E-state index in [1.165, 1.54) is 0 Å². The van der Waals surface area contributed by atoms with Crippen LogP contribution < -0.4 is 0 Å². The van der Waals surface area contributed by atoms with Gasteiger partial charge in [-0.2, -0.15) is 0 Å². The van der Waals surface area contributed by atoms with Gasteiger partial charge in [0.2, 0.25) is 18.2 Å². The Morgan fingerprint density at radius 2 is 1.19 bits per heavy atom. The van der Waals surface area contributed by atoms with Gasteiger partial charge in [0, 0.05) is 11.1 Å². The van der Waals surface area contributed by atoms with Gasteiger partial charge in [-0.1, -0.05) is 58.2 Å². The van der Waals surface area contributed by atoms with Crippen molar-refractivity contribution in [1.29, 1.82) is 0 Å². The Kier molecular flexibility index (Phi) is 9.60. The molecule has 0 aliphatic carbocycles. The van der Waals surface area contributed by atoms with Crippen molar-refractivity contribution in [2.45, 2.75) is 65.4 Å². The molecule has 7 nitrogen and oxygen atoms in total. The van der Waals surface area contributed by atoms with Crippen LogP contribution in [0.4, 0.5) is 0 Å². The van der Waals surface area contributed by atoms with Crippen molar-refractivity contribution in [1.82, 2.24) is 0 Å². The van der Waals surface area contributed by atoms with Crippen molar-refractivity contribution in [2.75, 3.05) is 6.61 Å². The van der Waals surface area contributed by atoms with Gasteiger partial charge in [0.1, 0.15) is 10.5 Å². The topological polar surface area (TPSA) is 115 Å². The number of carboxylic acids is 1. The summed E-state index contributed by atoms with van der Waals surface area (Å²) in [6, 6.07) is 6.85. The molecule has 36 heavy (non-hydrogen) atoms. The zero-order valence-electron chi connectivity index (χ0n) is 21.6. The number of carboxylic acid groups (broad SMARTS) is 1. The monoisotopic (exact) mass is 578 g/mol. The third-order valence-corrected chi connectivity index (χ3v) is 10.3. The lowest BCUT2D eigenvalue weighted by Gasteiger charge is -2.28. The number of esters is 1. The number of aliphatic carboxylic acids is 1. The van der Waals surface area contributed by atoms with E-state index in [0.29, 0.717) is 28.7 Å². The normalized spacial score (nSPS) is 13.1. The number of aryl methyl sites for hydroxylation is 6. The van der Waals surface area contributed by atoms with Gasteiger partial charge in [-0.25, -0.2) is 0 Å². The molecule has 2 atom stereocenters. The standard InChI is InChI=1S/C27H32BrO7P/c1-8-9-35-25(31)23(22(28)24(29)30)36(34,26(32)20-16(4)10-14(2)11-17(20)5)27(33)21-18(6)12-15(3)13-19(21)7/h10-13,22-23H,8-9H2,1-7H3,(H,29,30). The highest BCUT2D eigenvalue weighted by Gasteiger charge is 2.57. The first-order chi connectivity index (χ1) is 16.7. The molecule has 1 N–H and O–H groups in total. The molecule has 0 saturated carbocycles. The highest BCUT2D eigenvalue weighted by Crippen LogP contribution is 2.60. The average molecular weight is 579 g/mol. The minimum atomic E-state index is -4.98. The van der Waals surface area contributed by atoms with Gasteiger partial charge in [0.25, 0.3) is 0 Å². The first-order valence-corrected chi connectivity index (χ1v) is 14.3. The van der Waals surface area contributed by atoms with Crippen molar-refractivity contribution in [3.8, 4) is 0 Å². The van der Waals surface area contributed by atoms with E-state index in [2.05, 4.69) is 15.9 Å². The van der Waals surface area contributed by atoms with Gasteiger partial charge in [-0.05, 0) is 70.2 Å².